The Kier molecular flexibility index (Phi) is 6.43. The summed E-state index contributed by atoms with van der Waals surface area (Å²) in [5, 5.41) is 13.3. The minimum absolute atomic E-state index is 0.137. The Bertz CT molecular complexity index is 792. The Morgan fingerprint density at radius 1 is 1.15 bits per heavy atom. The topological polar surface area (TPSA) is 98.5 Å². The molecule has 2 atom stereocenters. The number of benzene rings is 2. The molecular formula is C19H20N2O5. The predicted octanol–water partition coefficient (Wildman–Crippen LogP) is 3.66. The maximum atomic E-state index is 12.4. The van der Waals surface area contributed by atoms with Crippen molar-refractivity contribution in [2.24, 2.45) is 0 Å². The van der Waals surface area contributed by atoms with E-state index in [2.05, 4.69) is 5.32 Å². The van der Waals surface area contributed by atoms with Crippen molar-refractivity contribution >= 4 is 23.3 Å². The Hall–Kier alpha value is -3.22. The van der Waals surface area contributed by atoms with E-state index >= 15 is 0 Å². The smallest absolute Gasteiger partial charge is 0.314 e. The molecule has 2 aromatic carbocycles. The van der Waals surface area contributed by atoms with Crippen LogP contribution >= 0.6 is 0 Å². The van der Waals surface area contributed by atoms with E-state index in [1.165, 1.54) is 31.2 Å². The number of amides is 1. The molecule has 2 aromatic rings. The number of carbonyl (C=O) groups excluding carboxylic acids is 2. The van der Waals surface area contributed by atoms with Crippen molar-refractivity contribution < 1.29 is 19.2 Å². The second-order valence-corrected chi connectivity index (χ2v) is 5.75. The van der Waals surface area contributed by atoms with E-state index in [1.807, 2.05) is 37.3 Å². The van der Waals surface area contributed by atoms with Gasteiger partial charge in [0.1, 0.15) is 0 Å². The van der Waals surface area contributed by atoms with Gasteiger partial charge in [0.15, 0.2) is 6.10 Å². The number of nitrogens with zero attached hydrogens (tertiary/aromatic N) is 1. The summed E-state index contributed by atoms with van der Waals surface area (Å²) in [6.07, 6.45) is -0.485. The van der Waals surface area contributed by atoms with Gasteiger partial charge in [-0.2, -0.15) is 0 Å². The molecule has 0 radical (unpaired) electrons. The van der Waals surface area contributed by atoms with Gasteiger partial charge in [0.2, 0.25) is 0 Å². The van der Waals surface area contributed by atoms with Crippen LogP contribution in [0.5, 0.6) is 0 Å². The summed E-state index contributed by atoms with van der Waals surface area (Å²) >= 11 is 0. The van der Waals surface area contributed by atoms with Gasteiger partial charge in [-0.25, -0.2) is 0 Å². The van der Waals surface area contributed by atoms with Gasteiger partial charge in [0, 0.05) is 17.8 Å². The second kappa shape index (κ2) is 8.75. The molecule has 0 spiro atoms. The molecule has 2 rings (SSSR count). The number of nitro groups is 1. The van der Waals surface area contributed by atoms with Crippen LogP contribution in [0.2, 0.25) is 0 Å². The lowest BCUT2D eigenvalue weighted by molar-refractivity contribution is -0.384. The van der Waals surface area contributed by atoms with Gasteiger partial charge in [-0.05, 0) is 25.0 Å². The number of anilines is 1. The minimum atomic E-state index is -1.03. The Morgan fingerprint density at radius 2 is 1.85 bits per heavy atom. The zero-order valence-electron chi connectivity index (χ0n) is 14.5. The Labute approximate surface area is 151 Å². The zero-order chi connectivity index (χ0) is 19.1. The van der Waals surface area contributed by atoms with Crippen LogP contribution in [0.25, 0.3) is 0 Å². The largest absolute Gasteiger partial charge is 0.452 e. The fourth-order valence-corrected chi connectivity index (χ4v) is 2.47. The van der Waals surface area contributed by atoms with Gasteiger partial charge in [-0.1, -0.05) is 43.3 Å². The first-order valence-electron chi connectivity index (χ1n) is 8.23. The molecule has 0 saturated heterocycles. The van der Waals surface area contributed by atoms with Gasteiger partial charge in [-0.3, -0.25) is 19.7 Å². The van der Waals surface area contributed by atoms with E-state index in [1.54, 1.807) is 0 Å². The number of nitrogens with one attached hydrogen (secondary N) is 1. The molecule has 0 heterocycles. The van der Waals surface area contributed by atoms with Crippen LogP contribution in [0, 0.1) is 10.1 Å². The normalized spacial score (nSPS) is 12.7. The van der Waals surface area contributed by atoms with E-state index in [-0.39, 0.29) is 11.4 Å². The molecule has 7 heteroatoms. The van der Waals surface area contributed by atoms with Crippen LogP contribution in [0.1, 0.15) is 31.7 Å². The van der Waals surface area contributed by atoms with Crippen LogP contribution in [0.4, 0.5) is 11.4 Å². The molecule has 0 aliphatic heterocycles. The average Bonchev–Trinajstić information content (AvgIpc) is 2.63. The number of hydrogen-bond donors (Lipinski definition) is 1. The van der Waals surface area contributed by atoms with Crippen molar-refractivity contribution in [3.8, 4) is 0 Å². The van der Waals surface area contributed by atoms with Gasteiger partial charge in [-0.15, -0.1) is 0 Å². The maximum Gasteiger partial charge on any atom is 0.314 e. The van der Waals surface area contributed by atoms with Gasteiger partial charge >= 0.3 is 5.97 Å². The number of carbonyl (C=O) groups is 2. The lowest BCUT2D eigenvalue weighted by atomic mass is 9.97. The molecule has 0 fully saturated rings. The van der Waals surface area contributed by atoms with Crippen LogP contribution in [0.3, 0.4) is 0 Å². The minimum Gasteiger partial charge on any atom is -0.452 e. The first-order valence-corrected chi connectivity index (χ1v) is 8.23. The van der Waals surface area contributed by atoms with Crippen LogP contribution in [-0.2, 0) is 14.3 Å². The van der Waals surface area contributed by atoms with Crippen molar-refractivity contribution in [1.29, 1.82) is 0 Å². The first kappa shape index (κ1) is 19.1. The summed E-state index contributed by atoms with van der Waals surface area (Å²) < 4.78 is 5.28. The molecule has 0 bridgehead atoms. The van der Waals surface area contributed by atoms with E-state index in [0.717, 1.165) is 5.56 Å². The quantitative estimate of drug-likeness (QED) is 0.464. The van der Waals surface area contributed by atoms with E-state index in [9.17, 15) is 19.7 Å². The van der Waals surface area contributed by atoms with Crippen LogP contribution in [0.15, 0.2) is 54.6 Å². The highest BCUT2D eigenvalue weighted by molar-refractivity contribution is 5.95. The highest BCUT2D eigenvalue weighted by Gasteiger charge is 2.25. The second-order valence-electron chi connectivity index (χ2n) is 5.75. The summed E-state index contributed by atoms with van der Waals surface area (Å²) in [5.41, 5.74) is 0.955. The Balaban J connectivity index is 2.01. The predicted molar refractivity (Wildman–Crippen MR) is 96.8 cm³/mol. The summed E-state index contributed by atoms with van der Waals surface area (Å²) in [5.74, 6) is -1.49. The summed E-state index contributed by atoms with van der Waals surface area (Å²) in [6.45, 7) is 3.33. The third-order valence-corrected chi connectivity index (χ3v) is 3.88. The van der Waals surface area contributed by atoms with Crippen molar-refractivity contribution in [3.05, 3.63) is 70.3 Å². The standard InChI is InChI=1S/C19H20N2O5/c1-3-17(14-8-5-4-6-9-14)19(23)26-13(2)18(22)20-15-10-7-11-16(12-15)21(24)25/h4-13,17H,3H2,1-2H3,(H,20,22)/t13-,17+/m1/s1. The van der Waals surface area contributed by atoms with E-state index in [0.29, 0.717) is 6.42 Å². The molecule has 26 heavy (non-hydrogen) atoms. The third kappa shape index (κ3) is 4.89. The van der Waals surface area contributed by atoms with Crippen molar-refractivity contribution in [1.82, 2.24) is 0 Å². The fraction of sp³-hybridized carbons (Fsp3) is 0.263. The molecule has 0 unspecified atom stereocenters. The number of ether oxygens (including phenoxy) is 1. The first-order chi connectivity index (χ1) is 12.4. The lowest BCUT2D eigenvalue weighted by Gasteiger charge is -2.18. The highest BCUT2D eigenvalue weighted by atomic mass is 16.6. The van der Waals surface area contributed by atoms with E-state index in [4.69, 9.17) is 4.74 Å². The summed E-state index contributed by atoms with van der Waals surface area (Å²) in [4.78, 5) is 34.8. The SMILES string of the molecule is CC[C@H](C(=O)O[C@H](C)C(=O)Nc1cccc([N+](=O)[O-])c1)c1ccccc1. The highest BCUT2D eigenvalue weighted by Crippen LogP contribution is 2.22. The monoisotopic (exact) mass is 356 g/mol. The molecular weight excluding hydrogens is 336 g/mol. The third-order valence-electron chi connectivity index (χ3n) is 3.88. The molecule has 136 valence electrons. The van der Waals surface area contributed by atoms with Crippen LogP contribution in [-0.4, -0.2) is 22.9 Å². The van der Waals surface area contributed by atoms with Gasteiger partial charge in [0.05, 0.1) is 10.8 Å². The molecule has 0 aromatic heterocycles. The molecule has 0 saturated carbocycles. The van der Waals surface area contributed by atoms with Gasteiger partial charge in [0.25, 0.3) is 11.6 Å². The maximum absolute atomic E-state index is 12.4. The molecule has 7 nitrogen and oxygen atoms in total. The summed E-state index contributed by atoms with van der Waals surface area (Å²) in [7, 11) is 0. The summed E-state index contributed by atoms with van der Waals surface area (Å²) in [6, 6.07) is 14.8. The number of non-ortho nitro benzene ring substituents is 1. The zero-order valence-corrected chi connectivity index (χ0v) is 14.5. The van der Waals surface area contributed by atoms with E-state index < -0.39 is 28.8 Å². The number of nitro benzene ring substituents is 1. The molecule has 0 aliphatic carbocycles. The van der Waals surface area contributed by atoms with Crippen molar-refractivity contribution in [2.75, 3.05) is 5.32 Å². The number of hydrogen-bond acceptors (Lipinski definition) is 5. The van der Waals surface area contributed by atoms with Crippen molar-refractivity contribution in [3.63, 3.8) is 0 Å². The lowest BCUT2D eigenvalue weighted by Crippen LogP contribution is -2.31. The average molecular weight is 356 g/mol. The van der Waals surface area contributed by atoms with Crippen molar-refractivity contribution in [2.45, 2.75) is 32.3 Å². The molecule has 1 amide bonds. The number of esters is 1. The molecule has 0 aliphatic rings. The molecule has 1 N–H and O–H groups in total. The Morgan fingerprint density at radius 3 is 2.46 bits per heavy atom. The van der Waals surface area contributed by atoms with Gasteiger partial charge < -0.3 is 10.1 Å². The number of rotatable bonds is 7. The van der Waals surface area contributed by atoms with Crippen LogP contribution < -0.4 is 5.32 Å². The fourth-order valence-electron chi connectivity index (χ4n) is 2.47.